The SMILES string of the molecule is Cc1ccc2c(c1)CNC2O. The Morgan fingerprint density at radius 3 is 3.18 bits per heavy atom. The highest BCUT2D eigenvalue weighted by Crippen LogP contribution is 2.23. The third-order valence-corrected chi connectivity index (χ3v) is 2.08. The number of aryl methyl sites for hydroxylation is 1. The van der Waals surface area contributed by atoms with Gasteiger partial charge in [0.05, 0.1) is 0 Å². The number of nitrogens with one attached hydrogen (secondary N) is 1. The van der Waals surface area contributed by atoms with Crippen LogP contribution in [0.4, 0.5) is 0 Å². The quantitative estimate of drug-likeness (QED) is 0.578. The van der Waals surface area contributed by atoms with Crippen LogP contribution in [-0.2, 0) is 6.54 Å². The zero-order valence-electron chi connectivity index (χ0n) is 6.46. The average Bonchev–Trinajstić information content (AvgIpc) is 2.32. The van der Waals surface area contributed by atoms with Gasteiger partial charge in [-0.2, -0.15) is 0 Å². The van der Waals surface area contributed by atoms with Gasteiger partial charge in [-0.1, -0.05) is 23.8 Å². The molecule has 0 saturated heterocycles. The molecule has 0 aromatic heterocycles. The van der Waals surface area contributed by atoms with Crippen LogP contribution in [0.2, 0.25) is 0 Å². The van der Waals surface area contributed by atoms with Gasteiger partial charge in [0.15, 0.2) is 0 Å². The fourth-order valence-corrected chi connectivity index (χ4v) is 1.47. The van der Waals surface area contributed by atoms with Gasteiger partial charge in [-0.3, -0.25) is 5.32 Å². The molecule has 2 rings (SSSR count). The van der Waals surface area contributed by atoms with Crippen LogP contribution >= 0.6 is 0 Å². The van der Waals surface area contributed by atoms with Crippen LogP contribution in [0.5, 0.6) is 0 Å². The first-order valence-corrected chi connectivity index (χ1v) is 3.78. The molecule has 0 bridgehead atoms. The van der Waals surface area contributed by atoms with Gasteiger partial charge in [-0.05, 0) is 18.1 Å². The summed E-state index contributed by atoms with van der Waals surface area (Å²) >= 11 is 0. The maximum atomic E-state index is 9.36. The molecule has 2 heteroatoms. The minimum absolute atomic E-state index is 0.453. The van der Waals surface area contributed by atoms with Gasteiger partial charge < -0.3 is 5.11 Å². The summed E-state index contributed by atoms with van der Waals surface area (Å²) in [4.78, 5) is 0. The molecule has 1 aromatic carbocycles. The van der Waals surface area contributed by atoms with E-state index in [1.54, 1.807) is 0 Å². The van der Waals surface area contributed by atoms with Crippen molar-refractivity contribution in [1.82, 2.24) is 5.32 Å². The third-order valence-electron chi connectivity index (χ3n) is 2.08. The van der Waals surface area contributed by atoms with Crippen LogP contribution in [0.15, 0.2) is 18.2 Å². The molecule has 2 nitrogen and oxygen atoms in total. The minimum atomic E-state index is -0.453. The van der Waals surface area contributed by atoms with Crippen LogP contribution in [-0.4, -0.2) is 5.11 Å². The molecule has 1 atom stereocenters. The summed E-state index contributed by atoms with van der Waals surface area (Å²) in [6.07, 6.45) is -0.453. The maximum absolute atomic E-state index is 9.36. The van der Waals surface area contributed by atoms with Gasteiger partial charge in [0.2, 0.25) is 0 Å². The number of hydrogen-bond donors (Lipinski definition) is 2. The van der Waals surface area contributed by atoms with Crippen molar-refractivity contribution in [2.45, 2.75) is 19.7 Å². The molecule has 1 aliphatic rings. The van der Waals surface area contributed by atoms with E-state index in [-0.39, 0.29) is 0 Å². The standard InChI is InChI=1S/C9H11NO/c1-6-2-3-8-7(4-6)5-10-9(8)11/h2-4,9-11H,5H2,1H3. The van der Waals surface area contributed by atoms with E-state index in [1.807, 2.05) is 12.1 Å². The molecule has 0 spiro atoms. The van der Waals surface area contributed by atoms with Crippen molar-refractivity contribution in [3.05, 3.63) is 34.9 Å². The highest BCUT2D eigenvalue weighted by Gasteiger charge is 2.18. The molecule has 0 aliphatic carbocycles. The molecular weight excluding hydrogens is 138 g/mol. The van der Waals surface area contributed by atoms with Crippen LogP contribution in [0.1, 0.15) is 22.9 Å². The summed E-state index contributed by atoms with van der Waals surface area (Å²) in [5, 5.41) is 12.3. The van der Waals surface area contributed by atoms with Gasteiger partial charge in [0, 0.05) is 6.54 Å². The summed E-state index contributed by atoms with van der Waals surface area (Å²) in [5.41, 5.74) is 3.49. The Kier molecular flexibility index (Phi) is 1.44. The monoisotopic (exact) mass is 149 g/mol. The largest absolute Gasteiger partial charge is 0.374 e. The summed E-state index contributed by atoms with van der Waals surface area (Å²) in [5.74, 6) is 0. The zero-order chi connectivity index (χ0) is 7.84. The van der Waals surface area contributed by atoms with Gasteiger partial charge in [-0.25, -0.2) is 0 Å². The Balaban J connectivity index is 2.50. The molecule has 2 N–H and O–H groups in total. The van der Waals surface area contributed by atoms with E-state index in [4.69, 9.17) is 0 Å². The summed E-state index contributed by atoms with van der Waals surface area (Å²) in [6.45, 7) is 2.85. The number of hydrogen-bond acceptors (Lipinski definition) is 2. The first-order valence-electron chi connectivity index (χ1n) is 3.78. The zero-order valence-corrected chi connectivity index (χ0v) is 6.46. The molecule has 0 amide bonds. The number of benzene rings is 1. The Bertz CT molecular complexity index is 283. The highest BCUT2D eigenvalue weighted by molar-refractivity contribution is 5.35. The van der Waals surface area contributed by atoms with Gasteiger partial charge >= 0.3 is 0 Å². The van der Waals surface area contributed by atoms with E-state index in [2.05, 4.69) is 18.3 Å². The predicted molar refractivity (Wildman–Crippen MR) is 43.0 cm³/mol. The Hall–Kier alpha value is -0.860. The molecule has 0 radical (unpaired) electrons. The van der Waals surface area contributed by atoms with Crippen molar-refractivity contribution in [2.75, 3.05) is 0 Å². The first-order chi connectivity index (χ1) is 5.27. The highest BCUT2D eigenvalue weighted by atomic mass is 16.3. The molecule has 58 valence electrons. The lowest BCUT2D eigenvalue weighted by molar-refractivity contribution is 0.151. The minimum Gasteiger partial charge on any atom is -0.374 e. The van der Waals surface area contributed by atoms with Crippen molar-refractivity contribution in [2.24, 2.45) is 0 Å². The Morgan fingerprint density at radius 2 is 2.36 bits per heavy atom. The maximum Gasteiger partial charge on any atom is 0.131 e. The van der Waals surface area contributed by atoms with E-state index in [0.717, 1.165) is 12.1 Å². The second-order valence-electron chi connectivity index (χ2n) is 2.99. The Labute approximate surface area is 65.9 Å². The van der Waals surface area contributed by atoms with Crippen molar-refractivity contribution in [3.8, 4) is 0 Å². The van der Waals surface area contributed by atoms with Crippen molar-refractivity contribution >= 4 is 0 Å². The summed E-state index contributed by atoms with van der Waals surface area (Å²) < 4.78 is 0. The molecule has 1 heterocycles. The second-order valence-corrected chi connectivity index (χ2v) is 2.99. The van der Waals surface area contributed by atoms with E-state index in [0.29, 0.717) is 0 Å². The number of rotatable bonds is 0. The average molecular weight is 149 g/mol. The summed E-state index contributed by atoms with van der Waals surface area (Å²) in [7, 11) is 0. The molecule has 1 aliphatic heterocycles. The fraction of sp³-hybridized carbons (Fsp3) is 0.333. The van der Waals surface area contributed by atoms with Crippen LogP contribution in [0.3, 0.4) is 0 Å². The lowest BCUT2D eigenvalue weighted by Gasteiger charge is -2.02. The van der Waals surface area contributed by atoms with Crippen LogP contribution in [0.25, 0.3) is 0 Å². The smallest absolute Gasteiger partial charge is 0.131 e. The molecule has 1 unspecified atom stereocenters. The van der Waals surface area contributed by atoms with Gasteiger partial charge in [-0.15, -0.1) is 0 Å². The van der Waals surface area contributed by atoms with Gasteiger partial charge in [0.25, 0.3) is 0 Å². The van der Waals surface area contributed by atoms with E-state index in [1.165, 1.54) is 11.1 Å². The predicted octanol–water partition coefficient (Wildman–Crippen LogP) is 1.09. The third kappa shape index (κ3) is 1.04. The molecule has 0 saturated carbocycles. The van der Waals surface area contributed by atoms with Crippen LogP contribution in [0, 0.1) is 6.92 Å². The van der Waals surface area contributed by atoms with Crippen molar-refractivity contribution < 1.29 is 5.11 Å². The van der Waals surface area contributed by atoms with E-state index >= 15 is 0 Å². The number of fused-ring (bicyclic) bond motifs is 1. The topological polar surface area (TPSA) is 32.3 Å². The first kappa shape index (κ1) is 6.83. The Morgan fingerprint density at radius 1 is 1.55 bits per heavy atom. The van der Waals surface area contributed by atoms with Crippen LogP contribution < -0.4 is 5.32 Å². The molecule has 0 fully saturated rings. The van der Waals surface area contributed by atoms with Crippen molar-refractivity contribution in [1.29, 1.82) is 0 Å². The number of aliphatic hydroxyl groups is 1. The summed E-state index contributed by atoms with van der Waals surface area (Å²) in [6, 6.07) is 6.11. The van der Waals surface area contributed by atoms with Gasteiger partial charge in [0.1, 0.15) is 6.23 Å². The molecular formula is C9H11NO. The van der Waals surface area contributed by atoms with Crippen molar-refractivity contribution in [3.63, 3.8) is 0 Å². The molecule has 11 heavy (non-hydrogen) atoms. The number of aliphatic hydroxyl groups excluding tert-OH is 1. The molecule has 1 aromatic rings. The lowest BCUT2D eigenvalue weighted by atomic mass is 10.1. The fourth-order valence-electron chi connectivity index (χ4n) is 1.47. The lowest BCUT2D eigenvalue weighted by Crippen LogP contribution is -2.09. The normalized spacial score (nSPS) is 21.8. The van der Waals surface area contributed by atoms with E-state index < -0.39 is 6.23 Å². The second kappa shape index (κ2) is 2.32. The van der Waals surface area contributed by atoms with E-state index in [9.17, 15) is 5.11 Å².